The second kappa shape index (κ2) is 19.6. The molecule has 0 bridgehead atoms. The maximum Gasteiger partial charge on any atom is 0.349 e. The Balaban J connectivity index is 0.000000221. The Hall–Kier alpha value is -6.18. The number of aliphatic carboxylic acids is 2. The van der Waals surface area contributed by atoms with Crippen molar-refractivity contribution in [3.8, 4) is 17.3 Å². The summed E-state index contributed by atoms with van der Waals surface area (Å²) >= 11 is 0. The molecule has 1 aliphatic carbocycles. The topological polar surface area (TPSA) is 209 Å². The van der Waals surface area contributed by atoms with Gasteiger partial charge in [-0.2, -0.15) is 10.4 Å². The van der Waals surface area contributed by atoms with Gasteiger partial charge in [-0.3, -0.25) is 4.68 Å². The maximum atomic E-state index is 12.0. The third kappa shape index (κ3) is 11.4. The Kier molecular flexibility index (Phi) is 14.4. The van der Waals surface area contributed by atoms with Crippen molar-refractivity contribution in [1.82, 2.24) is 24.3 Å². The van der Waals surface area contributed by atoms with Crippen LogP contribution in [0.25, 0.3) is 22.3 Å². The zero-order valence-electron chi connectivity index (χ0n) is 32.1. The molecule has 3 atom stereocenters. The summed E-state index contributed by atoms with van der Waals surface area (Å²) in [6.07, 6.45) is 8.46. The number of ether oxygens (including phenoxy) is 3. The first-order valence-electron chi connectivity index (χ1n) is 18.6. The summed E-state index contributed by atoms with van der Waals surface area (Å²) in [6.45, 7) is 8.34. The Morgan fingerprint density at radius 2 is 1.46 bits per heavy atom. The van der Waals surface area contributed by atoms with Gasteiger partial charge >= 0.3 is 23.9 Å². The number of hydrogen-bond acceptors (Lipinski definition) is 11. The van der Waals surface area contributed by atoms with Crippen LogP contribution in [0, 0.1) is 17.2 Å². The fourth-order valence-electron chi connectivity index (χ4n) is 6.43. The Bertz CT molecular complexity index is 2100. The number of rotatable bonds is 16. The minimum Gasteiger partial charge on any atom is -0.478 e. The highest BCUT2D eigenvalue weighted by atomic mass is 28.3. The first kappa shape index (κ1) is 42.0. The molecule has 0 amide bonds. The van der Waals surface area contributed by atoms with Crippen molar-refractivity contribution in [1.29, 1.82) is 5.26 Å². The van der Waals surface area contributed by atoms with Gasteiger partial charge in [-0.1, -0.05) is 68.9 Å². The number of nitriles is 1. The highest BCUT2D eigenvalue weighted by molar-refractivity contribution is 6.76. The van der Waals surface area contributed by atoms with E-state index < -0.39 is 44.2 Å². The van der Waals surface area contributed by atoms with Gasteiger partial charge in [0.15, 0.2) is 0 Å². The fourth-order valence-corrected chi connectivity index (χ4v) is 7.19. The summed E-state index contributed by atoms with van der Waals surface area (Å²) in [7, 11) is -1.10. The van der Waals surface area contributed by atoms with E-state index in [0.29, 0.717) is 19.1 Å². The fraction of sp³-hybridized carbons (Fsp3) is 0.366. The largest absolute Gasteiger partial charge is 0.478 e. The lowest BCUT2D eigenvalue weighted by Crippen LogP contribution is -2.45. The van der Waals surface area contributed by atoms with E-state index in [2.05, 4.69) is 40.8 Å². The molecule has 0 radical (unpaired) electrons. The number of aromatic nitrogens is 5. The Morgan fingerprint density at radius 3 is 1.98 bits per heavy atom. The number of carboxylic acids is 2. The van der Waals surface area contributed by atoms with E-state index in [0.717, 1.165) is 34.9 Å². The molecule has 16 heteroatoms. The number of hydrogen-bond donors (Lipinski definition) is 2. The van der Waals surface area contributed by atoms with Crippen LogP contribution in [0.2, 0.25) is 25.7 Å². The molecule has 298 valence electrons. The van der Waals surface area contributed by atoms with Gasteiger partial charge in [0.25, 0.3) is 0 Å². The molecule has 0 aliphatic heterocycles. The summed E-state index contributed by atoms with van der Waals surface area (Å²) in [5.74, 6) is -5.10. The molecular formula is C41H46N6O9Si. The third-order valence-electron chi connectivity index (χ3n) is 9.49. The smallest absolute Gasteiger partial charge is 0.349 e. The minimum absolute atomic E-state index is 0.0253. The number of benzene rings is 2. The molecule has 0 spiro atoms. The van der Waals surface area contributed by atoms with Crippen LogP contribution in [0.1, 0.15) is 58.9 Å². The zero-order chi connectivity index (χ0) is 41.0. The second-order valence-electron chi connectivity index (χ2n) is 14.8. The molecule has 57 heavy (non-hydrogen) atoms. The molecule has 0 unspecified atom stereocenters. The molecule has 3 heterocycles. The van der Waals surface area contributed by atoms with Crippen molar-refractivity contribution >= 4 is 43.0 Å². The molecule has 5 aromatic rings. The van der Waals surface area contributed by atoms with Gasteiger partial charge in [-0.25, -0.2) is 29.1 Å². The first-order chi connectivity index (χ1) is 27.4. The number of carboxylic acid groups (broad SMARTS) is 2. The van der Waals surface area contributed by atoms with E-state index in [4.69, 9.17) is 14.2 Å². The lowest BCUT2D eigenvalue weighted by Gasteiger charge is -2.21. The lowest BCUT2D eigenvalue weighted by atomic mass is 9.96. The lowest BCUT2D eigenvalue weighted by molar-refractivity contribution is -0.166. The SMILES string of the molecule is C[Si](C)(C)CCOCn1ccc2c(-c3cnn([C@@H](CC#N)C4CCCC4)c3)ncnc21.O=C(O[C@H](C(=O)O)[C@H](OC(=O)c1ccccc1)C(=O)O)c1ccccc1. The van der Waals surface area contributed by atoms with E-state index in [1.807, 2.05) is 33.9 Å². The highest BCUT2D eigenvalue weighted by Crippen LogP contribution is 2.37. The zero-order valence-corrected chi connectivity index (χ0v) is 33.1. The van der Waals surface area contributed by atoms with Crippen molar-refractivity contribution in [2.75, 3.05) is 6.61 Å². The molecule has 2 N–H and O–H groups in total. The van der Waals surface area contributed by atoms with Crippen LogP contribution in [0.3, 0.4) is 0 Å². The molecular weight excluding hydrogens is 749 g/mol. The van der Waals surface area contributed by atoms with E-state index in [9.17, 15) is 34.7 Å². The quantitative estimate of drug-likeness (QED) is 0.0595. The van der Waals surface area contributed by atoms with E-state index in [1.165, 1.54) is 74.2 Å². The molecule has 2 aromatic carbocycles. The van der Waals surface area contributed by atoms with Crippen LogP contribution in [0.4, 0.5) is 0 Å². The van der Waals surface area contributed by atoms with Gasteiger partial charge in [0, 0.05) is 38.0 Å². The van der Waals surface area contributed by atoms with Gasteiger partial charge in [0.05, 0.1) is 41.5 Å². The van der Waals surface area contributed by atoms with Gasteiger partial charge in [-0.05, 0) is 55.1 Å². The summed E-state index contributed by atoms with van der Waals surface area (Å²) in [4.78, 5) is 55.9. The summed E-state index contributed by atoms with van der Waals surface area (Å²) in [5, 5.41) is 33.4. The van der Waals surface area contributed by atoms with E-state index >= 15 is 0 Å². The van der Waals surface area contributed by atoms with Gasteiger partial charge in [-0.15, -0.1) is 0 Å². The first-order valence-corrected chi connectivity index (χ1v) is 22.3. The Labute approximate surface area is 330 Å². The van der Waals surface area contributed by atoms with E-state index in [1.54, 1.807) is 18.5 Å². The van der Waals surface area contributed by atoms with Crippen molar-refractivity contribution in [3.63, 3.8) is 0 Å². The van der Waals surface area contributed by atoms with Gasteiger partial charge in [0.2, 0.25) is 12.2 Å². The minimum atomic E-state index is -2.21. The monoisotopic (exact) mass is 794 g/mol. The number of carbonyl (C=O) groups is 4. The summed E-state index contributed by atoms with van der Waals surface area (Å²) < 4.78 is 19.5. The van der Waals surface area contributed by atoms with Crippen LogP contribution >= 0.6 is 0 Å². The van der Waals surface area contributed by atoms with Crippen molar-refractivity contribution in [2.24, 2.45) is 5.92 Å². The standard InChI is InChI=1S/C23H32N6OSi.C18H14O8/c1-31(2,3)13-12-30-17-28-11-9-20-22(25-16-26-23(20)28)19-14-27-29(15-19)21(8-10-24)18-6-4-5-7-18;19-15(20)13(25-17(23)11-7-3-1-4-8-11)14(16(21)22)26-18(24)12-9-5-2-6-10-12/h9,11,14-16,18,21H,4-8,12-13,17H2,1-3H3;1-10,13-14H,(H,19,20)(H,21,22)/t21-;13-,14-/m00/s1. The second-order valence-corrected chi connectivity index (χ2v) is 20.5. The number of esters is 2. The average Bonchev–Trinajstić information content (AvgIpc) is 4.00. The molecule has 1 aliphatic rings. The Morgan fingerprint density at radius 1 is 0.877 bits per heavy atom. The van der Waals surface area contributed by atoms with E-state index in [-0.39, 0.29) is 17.2 Å². The van der Waals surface area contributed by atoms with Crippen molar-refractivity contribution < 1.29 is 43.6 Å². The normalized spacial score (nSPS) is 14.4. The maximum absolute atomic E-state index is 12.0. The summed E-state index contributed by atoms with van der Waals surface area (Å²) in [5.41, 5.74) is 2.76. The van der Waals surface area contributed by atoms with Crippen molar-refractivity contribution in [2.45, 2.75) is 82.8 Å². The molecule has 1 fully saturated rings. The van der Waals surface area contributed by atoms with Crippen LogP contribution in [-0.4, -0.2) is 85.3 Å². The molecule has 3 aromatic heterocycles. The molecule has 0 saturated heterocycles. The third-order valence-corrected chi connectivity index (χ3v) is 11.2. The predicted octanol–water partition coefficient (Wildman–Crippen LogP) is 6.86. The van der Waals surface area contributed by atoms with Crippen molar-refractivity contribution in [3.05, 3.63) is 103 Å². The van der Waals surface area contributed by atoms with Crippen LogP contribution < -0.4 is 0 Å². The average molecular weight is 795 g/mol. The van der Waals surface area contributed by atoms with Crippen LogP contribution in [-0.2, 0) is 30.5 Å². The van der Waals surface area contributed by atoms with Crippen LogP contribution in [0.15, 0.2) is 91.6 Å². The molecule has 15 nitrogen and oxygen atoms in total. The molecule has 1 saturated carbocycles. The number of nitrogens with zero attached hydrogens (tertiary/aromatic N) is 6. The number of fused-ring (bicyclic) bond motifs is 1. The van der Waals surface area contributed by atoms with Crippen LogP contribution in [0.5, 0.6) is 0 Å². The highest BCUT2D eigenvalue weighted by Gasteiger charge is 2.41. The molecule has 6 rings (SSSR count). The number of carbonyl (C=O) groups excluding carboxylic acids is 2. The predicted molar refractivity (Wildman–Crippen MR) is 211 cm³/mol. The van der Waals surface area contributed by atoms with Gasteiger partial charge in [0.1, 0.15) is 18.7 Å². The van der Waals surface area contributed by atoms with Gasteiger partial charge < -0.3 is 29.0 Å². The summed E-state index contributed by atoms with van der Waals surface area (Å²) in [6, 6.07) is 20.5.